The van der Waals surface area contributed by atoms with Crippen LogP contribution < -0.4 is 0 Å². The van der Waals surface area contributed by atoms with Gasteiger partial charge < -0.3 is 4.98 Å². The topological polar surface area (TPSA) is 28.7 Å². The van der Waals surface area contributed by atoms with Crippen molar-refractivity contribution in [3.8, 4) is 11.4 Å². The molecule has 1 aromatic carbocycles. The van der Waals surface area contributed by atoms with Gasteiger partial charge in [0, 0.05) is 17.5 Å². The Bertz CT molecular complexity index is 591. The van der Waals surface area contributed by atoms with Crippen LogP contribution in [0.25, 0.3) is 11.4 Å². The van der Waals surface area contributed by atoms with Gasteiger partial charge in [-0.15, -0.1) is 0 Å². The minimum atomic E-state index is -4.86. The first-order chi connectivity index (χ1) is 9.07. The summed E-state index contributed by atoms with van der Waals surface area (Å²) in [4.78, 5) is 6.35. The molecule has 20 heavy (non-hydrogen) atoms. The second kappa shape index (κ2) is 4.53. The van der Waals surface area contributed by atoms with Crippen molar-refractivity contribution in [3.05, 3.63) is 41.2 Å². The Morgan fingerprint density at radius 3 is 1.75 bits per heavy atom. The van der Waals surface area contributed by atoms with Crippen LogP contribution in [0.4, 0.5) is 26.3 Å². The lowest BCUT2D eigenvalue weighted by molar-refractivity contribution is -0.143. The number of imidazole rings is 1. The Kier molecular flexibility index (Phi) is 3.27. The van der Waals surface area contributed by atoms with E-state index in [1.54, 1.807) is 6.92 Å². The van der Waals surface area contributed by atoms with Crippen molar-refractivity contribution in [2.24, 2.45) is 0 Å². The highest BCUT2D eigenvalue weighted by atomic mass is 19.4. The molecule has 1 heterocycles. The highest BCUT2D eigenvalue weighted by Crippen LogP contribution is 2.38. The number of H-pyrrole nitrogens is 1. The molecule has 0 amide bonds. The molecule has 2 rings (SSSR count). The maximum absolute atomic E-state index is 12.7. The van der Waals surface area contributed by atoms with E-state index in [0.29, 0.717) is 17.8 Å². The molecule has 2 aromatic rings. The first-order valence-corrected chi connectivity index (χ1v) is 5.39. The smallest absolute Gasteiger partial charge is 0.342 e. The molecule has 0 saturated heterocycles. The van der Waals surface area contributed by atoms with E-state index >= 15 is 0 Å². The van der Waals surface area contributed by atoms with Crippen molar-refractivity contribution in [1.82, 2.24) is 9.97 Å². The van der Waals surface area contributed by atoms with E-state index in [4.69, 9.17) is 0 Å². The van der Waals surface area contributed by atoms with Crippen LogP contribution in [0.15, 0.2) is 24.4 Å². The van der Waals surface area contributed by atoms with Crippen LogP contribution in [0.3, 0.4) is 0 Å². The number of aromatic nitrogens is 2. The summed E-state index contributed by atoms with van der Waals surface area (Å²) in [5.74, 6) is -0.0425. The third kappa shape index (κ3) is 2.94. The van der Waals surface area contributed by atoms with Gasteiger partial charge in [-0.2, -0.15) is 26.3 Å². The van der Waals surface area contributed by atoms with E-state index in [1.165, 1.54) is 6.20 Å². The maximum atomic E-state index is 12.7. The number of hydrogen-bond acceptors (Lipinski definition) is 1. The molecule has 8 heteroatoms. The molecule has 108 valence electrons. The van der Waals surface area contributed by atoms with Crippen LogP contribution in [0.1, 0.15) is 16.8 Å². The van der Waals surface area contributed by atoms with E-state index in [9.17, 15) is 26.3 Å². The van der Waals surface area contributed by atoms with E-state index < -0.39 is 23.5 Å². The minimum absolute atomic E-state index is 0.0425. The van der Waals surface area contributed by atoms with Crippen LogP contribution in [0.5, 0.6) is 0 Å². The number of benzene rings is 1. The average Bonchev–Trinajstić information content (AvgIpc) is 2.73. The molecule has 0 aliphatic carbocycles. The lowest BCUT2D eigenvalue weighted by Crippen LogP contribution is -2.11. The first kappa shape index (κ1) is 14.4. The second-order valence-electron chi connectivity index (χ2n) is 4.21. The summed E-state index contributed by atoms with van der Waals surface area (Å²) in [6, 6.07) is 1.35. The zero-order valence-electron chi connectivity index (χ0n) is 10.0. The molecule has 0 spiro atoms. The Balaban J connectivity index is 2.63. The van der Waals surface area contributed by atoms with Gasteiger partial charge in [-0.1, -0.05) is 0 Å². The van der Waals surface area contributed by atoms with E-state index in [2.05, 4.69) is 9.97 Å². The van der Waals surface area contributed by atoms with Crippen molar-refractivity contribution >= 4 is 0 Å². The van der Waals surface area contributed by atoms with E-state index in [1.807, 2.05) is 0 Å². The monoisotopic (exact) mass is 294 g/mol. The summed E-state index contributed by atoms with van der Waals surface area (Å²) in [5.41, 5.74) is -2.46. The summed E-state index contributed by atoms with van der Waals surface area (Å²) in [6.07, 6.45) is -8.40. The summed E-state index contributed by atoms with van der Waals surface area (Å²) in [7, 11) is 0. The number of nitrogens with one attached hydrogen (secondary N) is 1. The maximum Gasteiger partial charge on any atom is 0.416 e. The Morgan fingerprint density at radius 2 is 1.40 bits per heavy atom. The van der Waals surface area contributed by atoms with Crippen LogP contribution in [-0.4, -0.2) is 9.97 Å². The molecule has 0 unspecified atom stereocenters. The normalized spacial score (nSPS) is 12.8. The Morgan fingerprint density at radius 1 is 0.900 bits per heavy atom. The molecule has 0 saturated carbocycles. The number of rotatable bonds is 1. The molecule has 0 aliphatic rings. The van der Waals surface area contributed by atoms with Crippen molar-refractivity contribution < 1.29 is 26.3 Å². The van der Waals surface area contributed by atoms with Gasteiger partial charge in [-0.3, -0.25) is 0 Å². The molecule has 0 atom stereocenters. The number of nitrogens with zero attached hydrogens (tertiary/aromatic N) is 1. The van der Waals surface area contributed by atoms with E-state index in [-0.39, 0.29) is 17.5 Å². The van der Waals surface area contributed by atoms with Crippen molar-refractivity contribution in [2.75, 3.05) is 0 Å². The Labute approximate surface area is 109 Å². The highest BCUT2D eigenvalue weighted by molar-refractivity contribution is 5.59. The standard InChI is InChI=1S/C12H8F6N2/c1-6-5-19-10(20-6)7-2-8(11(13,14)15)4-9(3-7)12(16,17)18/h2-5H,1H3,(H,19,20). The highest BCUT2D eigenvalue weighted by Gasteiger charge is 2.37. The summed E-state index contributed by atoms with van der Waals surface area (Å²) in [5, 5.41) is 0. The van der Waals surface area contributed by atoms with Gasteiger partial charge in [0.1, 0.15) is 5.82 Å². The summed E-state index contributed by atoms with van der Waals surface area (Å²) < 4.78 is 76.0. The summed E-state index contributed by atoms with van der Waals surface area (Å²) >= 11 is 0. The first-order valence-electron chi connectivity index (χ1n) is 5.39. The zero-order chi connectivity index (χ0) is 15.1. The number of hydrogen-bond donors (Lipinski definition) is 1. The van der Waals surface area contributed by atoms with Crippen LogP contribution in [-0.2, 0) is 12.4 Å². The second-order valence-corrected chi connectivity index (χ2v) is 4.21. The molecule has 0 aliphatic heterocycles. The largest absolute Gasteiger partial charge is 0.416 e. The molecule has 0 fully saturated rings. The molecular weight excluding hydrogens is 286 g/mol. The van der Waals surface area contributed by atoms with Gasteiger partial charge in [-0.05, 0) is 25.1 Å². The van der Waals surface area contributed by atoms with Gasteiger partial charge in [0.25, 0.3) is 0 Å². The third-order valence-corrected chi connectivity index (χ3v) is 2.56. The average molecular weight is 294 g/mol. The van der Waals surface area contributed by atoms with Crippen molar-refractivity contribution in [2.45, 2.75) is 19.3 Å². The lowest BCUT2D eigenvalue weighted by Gasteiger charge is -2.13. The molecule has 2 nitrogen and oxygen atoms in total. The molecule has 1 N–H and O–H groups in total. The molecular formula is C12H8F6N2. The van der Waals surface area contributed by atoms with Gasteiger partial charge in [0.05, 0.1) is 11.1 Å². The fraction of sp³-hybridized carbons (Fsp3) is 0.250. The predicted octanol–water partition coefficient (Wildman–Crippen LogP) is 4.42. The minimum Gasteiger partial charge on any atom is -0.342 e. The van der Waals surface area contributed by atoms with Gasteiger partial charge in [0.2, 0.25) is 0 Å². The molecule has 0 radical (unpaired) electrons. The van der Waals surface area contributed by atoms with Crippen LogP contribution in [0.2, 0.25) is 0 Å². The van der Waals surface area contributed by atoms with Crippen LogP contribution >= 0.6 is 0 Å². The SMILES string of the molecule is Cc1cnc(-c2cc(C(F)(F)F)cc(C(F)(F)F)c2)[nH]1. The Hall–Kier alpha value is -1.99. The fourth-order valence-corrected chi connectivity index (χ4v) is 1.65. The van der Waals surface area contributed by atoms with Gasteiger partial charge in [0.15, 0.2) is 0 Å². The fourth-order valence-electron chi connectivity index (χ4n) is 1.65. The number of halogens is 6. The molecule has 1 aromatic heterocycles. The van der Waals surface area contributed by atoms with E-state index in [0.717, 1.165) is 0 Å². The third-order valence-electron chi connectivity index (χ3n) is 2.56. The van der Waals surface area contributed by atoms with Gasteiger partial charge >= 0.3 is 12.4 Å². The lowest BCUT2D eigenvalue weighted by atomic mass is 10.0. The quantitative estimate of drug-likeness (QED) is 0.775. The van der Waals surface area contributed by atoms with Crippen LogP contribution in [0, 0.1) is 6.92 Å². The van der Waals surface area contributed by atoms with Gasteiger partial charge in [-0.25, -0.2) is 4.98 Å². The predicted molar refractivity (Wildman–Crippen MR) is 58.8 cm³/mol. The van der Waals surface area contributed by atoms with Crippen molar-refractivity contribution in [1.29, 1.82) is 0 Å². The number of alkyl halides is 6. The van der Waals surface area contributed by atoms with Crippen molar-refractivity contribution in [3.63, 3.8) is 0 Å². The summed E-state index contributed by atoms with van der Waals surface area (Å²) in [6.45, 7) is 1.59. The number of aryl methyl sites for hydroxylation is 1. The number of aromatic amines is 1. The molecule has 0 bridgehead atoms. The zero-order valence-corrected chi connectivity index (χ0v) is 10.0.